The summed E-state index contributed by atoms with van der Waals surface area (Å²) in [5.41, 5.74) is 14.8. The molecular formula is C56H62MoN4O10. The van der Waals surface area contributed by atoms with E-state index in [2.05, 4.69) is 125 Å². The number of nitrogens with one attached hydrogen (secondary N) is 4. The molecule has 4 aromatic rings. The van der Waals surface area contributed by atoms with Crippen molar-refractivity contribution < 1.29 is 68.9 Å². The summed E-state index contributed by atoms with van der Waals surface area (Å²) < 4.78 is 58.2. The van der Waals surface area contributed by atoms with E-state index in [1.165, 1.54) is 0 Å². The van der Waals surface area contributed by atoms with E-state index in [0.717, 1.165) is 137 Å². The molecule has 8 rings (SSSR count). The zero-order chi connectivity index (χ0) is 51.6. The summed E-state index contributed by atoms with van der Waals surface area (Å²) >= 11 is -6.02. The first-order valence-electron chi connectivity index (χ1n) is 23.8. The number of benzene rings is 6. The first-order valence-corrected chi connectivity index (χ1v) is 27.1. The number of ether oxygens (including phenoxy) is 2. The summed E-state index contributed by atoms with van der Waals surface area (Å²) in [6.07, 6.45) is 0. The zero-order valence-electron chi connectivity index (χ0n) is 42.0. The van der Waals surface area contributed by atoms with Crippen molar-refractivity contribution >= 4 is 45.3 Å². The molecule has 0 atom stereocenters. The molecular weight excluding hydrogens is 985 g/mol. The summed E-state index contributed by atoms with van der Waals surface area (Å²) in [5, 5.41) is 10.8. The number of carbonyl (C=O) groups is 2. The number of anilines is 2. The van der Waals surface area contributed by atoms with Crippen molar-refractivity contribution in [1.29, 1.82) is 0 Å². The summed E-state index contributed by atoms with van der Waals surface area (Å²) in [6.45, 7) is 24.2. The molecule has 14 nitrogen and oxygen atoms in total. The molecule has 2 heterocycles. The SMILES string of the molecule is CCNc1cc2oc3cc(=[NH+]CC)c(C)cc-3c(-c3ccccc3C(=O)OCC)c2cc1C.CCNc1cc2oc3cc(=[NH+]CC)c(C)cc-3c(-c3ccccc3C(=O)OCC)c2cc1C.[O]=[Mo](=[O])([O-])[O-]. The summed E-state index contributed by atoms with van der Waals surface area (Å²) in [7, 11) is 0. The molecule has 2 aliphatic carbocycles. The van der Waals surface area contributed by atoms with E-state index in [1.54, 1.807) is 0 Å². The fourth-order valence-corrected chi connectivity index (χ4v) is 8.68. The van der Waals surface area contributed by atoms with Gasteiger partial charge in [0, 0.05) is 80.8 Å². The summed E-state index contributed by atoms with van der Waals surface area (Å²) in [4.78, 5) is 32.5. The molecule has 0 amide bonds. The molecule has 0 bridgehead atoms. The van der Waals surface area contributed by atoms with E-state index < -0.39 is 16.7 Å². The van der Waals surface area contributed by atoms with Crippen LogP contribution in [0.15, 0.2) is 106 Å². The fraction of sp³-hybridized carbons (Fsp3) is 0.286. The summed E-state index contributed by atoms with van der Waals surface area (Å²) in [6, 6.07) is 32.1. The van der Waals surface area contributed by atoms with Crippen molar-refractivity contribution in [3.63, 3.8) is 0 Å². The van der Waals surface area contributed by atoms with Crippen LogP contribution in [0.1, 0.15) is 84.5 Å². The van der Waals surface area contributed by atoms with Gasteiger partial charge in [0.05, 0.1) is 36.5 Å². The van der Waals surface area contributed by atoms with Gasteiger partial charge in [0.25, 0.3) is 0 Å². The van der Waals surface area contributed by atoms with E-state index in [-0.39, 0.29) is 11.9 Å². The molecule has 0 unspecified atom stereocenters. The molecule has 0 saturated carbocycles. The normalized spacial score (nSPS) is 11.8. The standard InChI is InChI=1S/2C28H30N2O3.Mo.4O/c2*1-6-29-23-15-25-21(13-17(23)4)27(19-11-9-10-12-20(19)28(31)32-8-3)22-14-18(5)24(30-7-2)16-26(22)33-25;;;;;/h2*9-16,29H,6-8H2,1-5H3;;;;;/q;;;;;2*-1/p+2. The number of hydrogen-bond donors (Lipinski definition) is 4. The van der Waals surface area contributed by atoms with Gasteiger partial charge in [-0.1, -0.05) is 36.4 Å². The van der Waals surface area contributed by atoms with Gasteiger partial charge in [0.1, 0.15) is 35.8 Å². The van der Waals surface area contributed by atoms with Crippen LogP contribution in [0.4, 0.5) is 11.4 Å². The number of esters is 2. The van der Waals surface area contributed by atoms with Crippen LogP contribution in [0.2, 0.25) is 0 Å². The van der Waals surface area contributed by atoms with E-state index in [0.29, 0.717) is 24.3 Å². The third-order valence-electron chi connectivity index (χ3n) is 11.7. The van der Waals surface area contributed by atoms with Crippen LogP contribution >= 0.6 is 0 Å². The average Bonchev–Trinajstić information content (AvgIpc) is 3.32. The molecule has 0 radical (unpaired) electrons. The Kier molecular flexibility index (Phi) is 17.8. The monoisotopic (exact) mass is 1050 g/mol. The topological polar surface area (TPSA) is 211 Å². The van der Waals surface area contributed by atoms with E-state index >= 15 is 0 Å². The van der Waals surface area contributed by atoms with Crippen molar-refractivity contribution in [2.24, 2.45) is 0 Å². The minimum atomic E-state index is -6.02. The average molecular weight is 1050 g/mol. The Balaban J connectivity index is 0.000000212. The Bertz CT molecular complexity index is 3210. The van der Waals surface area contributed by atoms with Gasteiger partial charge >= 0.3 is 43.0 Å². The van der Waals surface area contributed by atoms with Gasteiger partial charge in [-0.05, 0) is 128 Å². The van der Waals surface area contributed by atoms with Gasteiger partial charge in [0.15, 0.2) is 0 Å². The second-order valence-corrected chi connectivity index (χ2v) is 18.7. The molecule has 2 aliphatic heterocycles. The van der Waals surface area contributed by atoms with E-state index in [4.69, 9.17) is 32.6 Å². The van der Waals surface area contributed by atoms with Crippen molar-refractivity contribution in [3.05, 3.63) is 141 Å². The molecule has 4 N–H and O–H groups in total. The number of rotatable bonds is 12. The Morgan fingerprint density at radius 1 is 0.535 bits per heavy atom. The summed E-state index contributed by atoms with van der Waals surface area (Å²) in [5.74, 6) is 0.891. The second kappa shape index (κ2) is 23.7. The number of aryl methyl sites for hydroxylation is 4. The molecule has 15 heteroatoms. The van der Waals surface area contributed by atoms with Crippen LogP contribution in [-0.2, 0) is 33.0 Å². The number of hydrogen-bond acceptors (Lipinski definition) is 12. The van der Waals surface area contributed by atoms with Crippen molar-refractivity contribution in [2.45, 2.75) is 69.2 Å². The van der Waals surface area contributed by atoms with E-state index in [9.17, 15) is 9.59 Å². The van der Waals surface area contributed by atoms with Gasteiger partial charge < -0.3 is 28.9 Å². The first kappa shape index (κ1) is 53.4. The molecule has 71 heavy (non-hydrogen) atoms. The Labute approximate surface area is 417 Å². The molecule has 0 spiro atoms. The third kappa shape index (κ3) is 12.5. The number of carbonyl (C=O) groups excluding carboxylic acids is 2. The van der Waals surface area contributed by atoms with Gasteiger partial charge in [-0.2, -0.15) is 0 Å². The molecule has 372 valence electrons. The van der Waals surface area contributed by atoms with Crippen LogP contribution in [-0.4, -0.2) is 51.3 Å². The Hall–Kier alpha value is -6.99. The zero-order valence-corrected chi connectivity index (χ0v) is 44.0. The quantitative estimate of drug-likeness (QED) is 0.0609. The molecule has 4 aliphatic rings. The minimum absolute atomic E-state index is 0.322. The van der Waals surface area contributed by atoms with Gasteiger partial charge in [-0.25, -0.2) is 19.6 Å². The van der Waals surface area contributed by atoms with Crippen molar-refractivity contribution in [3.8, 4) is 44.9 Å². The number of fused-ring (bicyclic) bond motifs is 4. The van der Waals surface area contributed by atoms with Gasteiger partial charge in [-0.3, -0.25) is 0 Å². The maximum atomic E-state index is 12.9. The Morgan fingerprint density at radius 2 is 0.901 bits per heavy atom. The Morgan fingerprint density at radius 3 is 1.24 bits per heavy atom. The van der Waals surface area contributed by atoms with Crippen molar-refractivity contribution in [2.75, 3.05) is 50.0 Å². The fourth-order valence-electron chi connectivity index (χ4n) is 8.68. The molecule has 0 aromatic heterocycles. The molecule has 0 saturated heterocycles. The maximum absolute atomic E-state index is 12.9. The predicted molar refractivity (Wildman–Crippen MR) is 266 cm³/mol. The molecule has 4 aromatic carbocycles. The van der Waals surface area contributed by atoms with Gasteiger partial charge in [-0.15, -0.1) is 0 Å². The van der Waals surface area contributed by atoms with E-state index in [1.807, 2.05) is 62.4 Å². The first-order chi connectivity index (χ1) is 34.0. The van der Waals surface area contributed by atoms with Crippen LogP contribution in [0.3, 0.4) is 0 Å². The second-order valence-electron chi connectivity index (χ2n) is 16.7. The van der Waals surface area contributed by atoms with Gasteiger partial charge in [0.2, 0.25) is 10.7 Å². The van der Waals surface area contributed by atoms with Crippen LogP contribution in [0.25, 0.3) is 66.8 Å². The van der Waals surface area contributed by atoms with Crippen LogP contribution in [0.5, 0.6) is 0 Å². The van der Waals surface area contributed by atoms with Crippen LogP contribution in [0, 0.1) is 27.7 Å². The van der Waals surface area contributed by atoms with Crippen LogP contribution < -0.4 is 38.9 Å². The van der Waals surface area contributed by atoms with Crippen molar-refractivity contribution in [1.82, 2.24) is 0 Å². The third-order valence-corrected chi connectivity index (χ3v) is 11.7. The molecule has 0 fully saturated rings. The predicted octanol–water partition coefficient (Wildman–Crippen LogP) is 6.24.